The fourth-order valence-electron chi connectivity index (χ4n) is 2.98. The Kier molecular flexibility index (Phi) is 4.22. The van der Waals surface area contributed by atoms with Crippen molar-refractivity contribution in [1.29, 1.82) is 0 Å². The van der Waals surface area contributed by atoms with Crippen LogP contribution in [0.2, 0.25) is 5.02 Å². The van der Waals surface area contributed by atoms with Crippen molar-refractivity contribution in [2.45, 2.75) is 38.9 Å². The van der Waals surface area contributed by atoms with Gasteiger partial charge in [0.1, 0.15) is 5.52 Å². The second kappa shape index (κ2) is 6.23. The zero-order valence-electron chi connectivity index (χ0n) is 15.8. The normalized spacial score (nSPS) is 13.0. The first-order valence-corrected chi connectivity index (χ1v) is 9.31. The van der Waals surface area contributed by atoms with Gasteiger partial charge in [-0.2, -0.15) is 0 Å². The molecule has 6 heteroatoms. The van der Waals surface area contributed by atoms with Gasteiger partial charge in [-0.15, -0.1) is 0 Å². The molecule has 4 nitrogen and oxygen atoms in total. The zero-order chi connectivity index (χ0) is 19.4. The molecule has 0 fully saturated rings. The molecule has 0 saturated heterocycles. The molecule has 0 aliphatic carbocycles. The van der Waals surface area contributed by atoms with Crippen LogP contribution in [0.5, 0.6) is 0 Å². The van der Waals surface area contributed by atoms with Crippen molar-refractivity contribution in [1.82, 2.24) is 4.98 Å². The molecule has 0 amide bonds. The topological polar surface area (TPSA) is 55.5 Å². The molecule has 0 aliphatic heterocycles. The van der Waals surface area contributed by atoms with Crippen LogP contribution in [-0.2, 0) is 4.65 Å². The average molecular weight is 382 g/mol. The largest absolute Gasteiger partial charge is 0.453 e. The highest BCUT2D eigenvalue weighted by atomic mass is 35.5. The number of furan rings is 1. The number of nitrogens with zero attached hydrogens (tertiary/aromatic N) is 1. The van der Waals surface area contributed by atoms with Crippen LogP contribution in [0.25, 0.3) is 33.0 Å². The van der Waals surface area contributed by atoms with Crippen LogP contribution in [0.3, 0.4) is 0 Å². The Balaban J connectivity index is 1.88. The maximum absolute atomic E-state index is 10.4. The quantitative estimate of drug-likeness (QED) is 0.535. The van der Waals surface area contributed by atoms with E-state index in [1.54, 1.807) is 13.8 Å². The number of para-hydroxylation sites is 1. The van der Waals surface area contributed by atoms with Gasteiger partial charge in [-0.05, 0) is 51.4 Å². The van der Waals surface area contributed by atoms with E-state index >= 15 is 0 Å². The van der Waals surface area contributed by atoms with Crippen LogP contribution < -0.4 is 5.46 Å². The first-order valence-electron chi connectivity index (χ1n) is 8.93. The summed E-state index contributed by atoms with van der Waals surface area (Å²) in [6.45, 7) is 7.23. The van der Waals surface area contributed by atoms with Gasteiger partial charge in [0.25, 0.3) is 0 Å². The predicted molar refractivity (Wildman–Crippen MR) is 112 cm³/mol. The molecule has 0 aliphatic rings. The first-order chi connectivity index (χ1) is 12.7. The summed E-state index contributed by atoms with van der Waals surface area (Å²) >= 11 is 6.39. The number of hydrogen-bond acceptors (Lipinski definition) is 4. The third-order valence-corrected chi connectivity index (χ3v) is 5.69. The van der Waals surface area contributed by atoms with Crippen molar-refractivity contribution in [3.63, 3.8) is 0 Å². The number of aliphatic hydroxyl groups is 1. The molecular weight excluding hydrogens is 361 g/mol. The molecule has 2 heterocycles. The summed E-state index contributed by atoms with van der Waals surface area (Å²) in [6.07, 6.45) is 0. The summed E-state index contributed by atoms with van der Waals surface area (Å²) in [5.74, 6) is 0. The first kappa shape index (κ1) is 18.3. The van der Waals surface area contributed by atoms with Crippen LogP contribution in [0, 0.1) is 0 Å². The van der Waals surface area contributed by atoms with E-state index in [0.717, 1.165) is 27.3 Å². The standard InChI is InChI=1S/C21H21BClNO3/c1-20(2,25)21(3,4)27-22-13-9-10-14(23)19-17(13)18-16(26-19)11-12-7-5-6-8-15(12)24-18/h5-11,22,25H,1-4H3. The molecule has 138 valence electrons. The Morgan fingerprint density at radius 1 is 1.11 bits per heavy atom. The number of aromatic nitrogens is 1. The van der Waals surface area contributed by atoms with Crippen molar-refractivity contribution < 1.29 is 14.2 Å². The number of fused-ring (bicyclic) bond motifs is 4. The molecule has 0 spiro atoms. The smallest absolute Gasteiger partial charge is 0.310 e. The third-order valence-electron chi connectivity index (χ3n) is 5.40. The second-order valence-corrected chi connectivity index (χ2v) is 8.31. The lowest BCUT2D eigenvalue weighted by molar-refractivity contribution is -0.0893. The monoisotopic (exact) mass is 381 g/mol. The lowest BCUT2D eigenvalue weighted by atomic mass is 9.81. The van der Waals surface area contributed by atoms with E-state index < -0.39 is 11.2 Å². The maximum Gasteiger partial charge on any atom is 0.310 e. The van der Waals surface area contributed by atoms with Crippen molar-refractivity contribution >= 4 is 57.5 Å². The molecule has 0 saturated carbocycles. The molecule has 0 atom stereocenters. The van der Waals surface area contributed by atoms with Crippen LogP contribution in [-0.4, -0.2) is 28.8 Å². The van der Waals surface area contributed by atoms with Gasteiger partial charge in [0.05, 0.1) is 21.7 Å². The summed E-state index contributed by atoms with van der Waals surface area (Å²) in [7, 11) is 0.313. The summed E-state index contributed by atoms with van der Waals surface area (Å²) in [6, 6.07) is 13.6. The van der Waals surface area contributed by atoms with Crippen molar-refractivity contribution in [2.75, 3.05) is 0 Å². The van der Waals surface area contributed by atoms with Gasteiger partial charge < -0.3 is 14.2 Å². The van der Waals surface area contributed by atoms with Crippen LogP contribution in [0.4, 0.5) is 0 Å². The summed E-state index contributed by atoms with van der Waals surface area (Å²) < 4.78 is 12.1. The van der Waals surface area contributed by atoms with Gasteiger partial charge >= 0.3 is 7.48 Å². The van der Waals surface area contributed by atoms with E-state index in [1.807, 2.05) is 56.3 Å². The Bertz CT molecular complexity index is 1160. The fourth-order valence-corrected chi connectivity index (χ4v) is 3.17. The van der Waals surface area contributed by atoms with Crippen LogP contribution in [0.1, 0.15) is 27.7 Å². The minimum atomic E-state index is -0.981. The van der Waals surface area contributed by atoms with E-state index in [0.29, 0.717) is 23.7 Å². The highest BCUT2D eigenvalue weighted by molar-refractivity contribution is 6.53. The Labute approximate surface area is 163 Å². The number of halogens is 1. The molecule has 4 aromatic rings. The fraction of sp³-hybridized carbons (Fsp3) is 0.286. The zero-order valence-corrected chi connectivity index (χ0v) is 16.6. The number of rotatable bonds is 4. The third kappa shape index (κ3) is 3.10. The number of benzene rings is 2. The Hall–Kier alpha value is -2.08. The highest BCUT2D eigenvalue weighted by Gasteiger charge is 2.36. The maximum atomic E-state index is 10.4. The molecule has 2 aromatic carbocycles. The minimum Gasteiger partial charge on any atom is -0.453 e. The summed E-state index contributed by atoms with van der Waals surface area (Å²) in [4.78, 5) is 4.80. The molecule has 2 aromatic heterocycles. The van der Waals surface area contributed by atoms with E-state index in [4.69, 9.17) is 25.7 Å². The Morgan fingerprint density at radius 3 is 2.59 bits per heavy atom. The van der Waals surface area contributed by atoms with E-state index in [1.165, 1.54) is 0 Å². The lowest BCUT2D eigenvalue weighted by Crippen LogP contribution is -2.49. The average Bonchev–Trinajstić information content (AvgIpc) is 2.98. The highest BCUT2D eigenvalue weighted by Crippen LogP contribution is 2.33. The van der Waals surface area contributed by atoms with E-state index in [9.17, 15) is 5.11 Å². The van der Waals surface area contributed by atoms with Crippen LogP contribution in [0.15, 0.2) is 46.9 Å². The van der Waals surface area contributed by atoms with Gasteiger partial charge in [0.2, 0.25) is 0 Å². The molecule has 0 bridgehead atoms. The van der Waals surface area contributed by atoms with Gasteiger partial charge in [-0.3, -0.25) is 0 Å². The SMILES string of the molecule is CC(C)(O)C(C)(C)OBc1ccc(Cl)c2oc3cc4ccccc4nc3c12. The molecule has 0 radical (unpaired) electrons. The number of hydrogen-bond donors (Lipinski definition) is 1. The van der Waals surface area contributed by atoms with Gasteiger partial charge in [-0.1, -0.05) is 35.9 Å². The Morgan fingerprint density at radius 2 is 1.85 bits per heavy atom. The molecular formula is C21H21BClNO3. The molecule has 0 unspecified atom stereocenters. The predicted octanol–water partition coefficient (Wildman–Crippen LogP) is 4.33. The van der Waals surface area contributed by atoms with Gasteiger partial charge in [-0.25, -0.2) is 4.98 Å². The summed E-state index contributed by atoms with van der Waals surface area (Å²) in [5, 5.41) is 12.8. The lowest BCUT2D eigenvalue weighted by Gasteiger charge is -2.37. The second-order valence-electron chi connectivity index (χ2n) is 7.90. The molecule has 1 N–H and O–H groups in total. The molecule has 27 heavy (non-hydrogen) atoms. The minimum absolute atomic E-state index is 0.313. The van der Waals surface area contributed by atoms with Gasteiger partial charge in [0, 0.05) is 10.8 Å². The van der Waals surface area contributed by atoms with Crippen molar-refractivity contribution in [2.24, 2.45) is 0 Å². The van der Waals surface area contributed by atoms with Crippen LogP contribution >= 0.6 is 11.6 Å². The molecule has 4 rings (SSSR count). The summed E-state index contributed by atoms with van der Waals surface area (Å²) in [5.41, 5.74) is 2.19. The van der Waals surface area contributed by atoms with Crippen molar-refractivity contribution in [3.05, 3.63) is 47.5 Å². The van der Waals surface area contributed by atoms with E-state index in [2.05, 4.69) is 0 Å². The van der Waals surface area contributed by atoms with E-state index in [-0.39, 0.29) is 0 Å². The number of pyridine rings is 1. The van der Waals surface area contributed by atoms with Gasteiger partial charge in [0.15, 0.2) is 11.2 Å². The van der Waals surface area contributed by atoms with Crippen molar-refractivity contribution in [3.8, 4) is 0 Å².